The lowest BCUT2D eigenvalue weighted by molar-refractivity contribution is 0.245. The predicted molar refractivity (Wildman–Crippen MR) is 73.1 cm³/mol. The monoisotopic (exact) mass is 356 g/mol. The Kier molecular flexibility index (Phi) is 5.13. The molecule has 0 saturated heterocycles. The molecule has 0 atom stereocenters. The van der Waals surface area contributed by atoms with Crippen LogP contribution in [0.5, 0.6) is 0 Å². The molecule has 0 unspecified atom stereocenters. The van der Waals surface area contributed by atoms with Gasteiger partial charge in [-0.2, -0.15) is 0 Å². The van der Waals surface area contributed by atoms with Crippen molar-refractivity contribution >= 4 is 37.6 Å². The summed E-state index contributed by atoms with van der Waals surface area (Å²) in [5.74, 6) is 0. The van der Waals surface area contributed by atoms with Gasteiger partial charge in [0.1, 0.15) is 10.0 Å². The molecule has 8 heteroatoms. The fourth-order valence-electron chi connectivity index (χ4n) is 1.34. The van der Waals surface area contributed by atoms with Gasteiger partial charge in [0.25, 0.3) is 0 Å². The van der Waals surface area contributed by atoms with Crippen LogP contribution in [0, 0.1) is 0 Å². The van der Waals surface area contributed by atoms with Crippen LogP contribution in [0.1, 0.15) is 20.3 Å². The van der Waals surface area contributed by atoms with Crippen molar-refractivity contribution in [2.75, 3.05) is 6.61 Å². The molecule has 0 aliphatic heterocycles. The second kappa shape index (κ2) is 5.83. The van der Waals surface area contributed by atoms with E-state index in [1.165, 1.54) is 12.3 Å². The Morgan fingerprint density at radius 1 is 1.56 bits per heavy atom. The molecule has 0 saturated carbocycles. The van der Waals surface area contributed by atoms with Gasteiger partial charge in [0.05, 0.1) is 0 Å². The summed E-state index contributed by atoms with van der Waals surface area (Å²) in [7, 11) is -3.78. The Labute approximate surface area is 120 Å². The largest absolute Gasteiger partial charge is 0.396 e. The highest BCUT2D eigenvalue weighted by molar-refractivity contribution is 9.10. The first kappa shape index (κ1) is 15.8. The van der Waals surface area contributed by atoms with Crippen molar-refractivity contribution in [3.05, 3.63) is 21.9 Å². The Morgan fingerprint density at radius 3 is 2.72 bits per heavy atom. The molecule has 1 heterocycles. The normalized spacial score (nSPS) is 12.7. The number of hydrogen-bond donors (Lipinski definition) is 2. The van der Waals surface area contributed by atoms with Gasteiger partial charge in [-0.15, -0.1) is 0 Å². The quantitative estimate of drug-likeness (QED) is 0.789. The van der Waals surface area contributed by atoms with Crippen molar-refractivity contribution in [1.29, 1.82) is 0 Å². The summed E-state index contributed by atoms with van der Waals surface area (Å²) in [6.07, 6.45) is 1.71. The topological polar surface area (TPSA) is 79.3 Å². The van der Waals surface area contributed by atoms with Crippen LogP contribution in [0.15, 0.2) is 21.6 Å². The van der Waals surface area contributed by atoms with E-state index in [1.54, 1.807) is 13.8 Å². The summed E-state index contributed by atoms with van der Waals surface area (Å²) < 4.78 is 27.3. The molecular weight excluding hydrogens is 344 g/mol. The first-order valence-corrected chi connectivity index (χ1v) is 7.79. The van der Waals surface area contributed by atoms with Crippen LogP contribution in [-0.2, 0) is 10.0 Å². The second-order valence-corrected chi connectivity index (χ2v) is 7.33. The molecule has 102 valence electrons. The highest BCUT2D eigenvalue weighted by Gasteiger charge is 2.27. The van der Waals surface area contributed by atoms with E-state index >= 15 is 0 Å². The molecule has 0 radical (unpaired) electrons. The second-order valence-electron chi connectivity index (χ2n) is 4.41. The molecular formula is C10H14BrClN2O3S. The van der Waals surface area contributed by atoms with E-state index in [0.717, 1.165) is 0 Å². The lowest BCUT2D eigenvalue weighted by atomic mass is 10.0. The lowest BCUT2D eigenvalue weighted by Crippen LogP contribution is -2.44. The molecule has 0 aliphatic carbocycles. The maximum absolute atomic E-state index is 12.2. The molecule has 0 fully saturated rings. The molecule has 2 N–H and O–H groups in total. The van der Waals surface area contributed by atoms with Gasteiger partial charge in [-0.3, -0.25) is 0 Å². The van der Waals surface area contributed by atoms with E-state index < -0.39 is 15.6 Å². The van der Waals surface area contributed by atoms with Crippen LogP contribution in [0.4, 0.5) is 0 Å². The standard InChI is InChI=1S/C10H14BrClN2O3S/c1-10(2,3-4-15)14-18(16,17)8-5-7(11)6-13-9(8)12/h5-6,14-15H,3-4H2,1-2H3. The number of aromatic nitrogens is 1. The van der Waals surface area contributed by atoms with Gasteiger partial charge in [-0.05, 0) is 42.3 Å². The van der Waals surface area contributed by atoms with Crippen molar-refractivity contribution in [3.63, 3.8) is 0 Å². The van der Waals surface area contributed by atoms with Crippen LogP contribution in [0.2, 0.25) is 5.15 Å². The Bertz CT molecular complexity index is 534. The molecule has 0 amide bonds. The minimum Gasteiger partial charge on any atom is -0.396 e. The number of pyridine rings is 1. The number of halogens is 2. The number of sulfonamides is 1. The number of aliphatic hydroxyl groups excluding tert-OH is 1. The van der Waals surface area contributed by atoms with Gasteiger partial charge < -0.3 is 5.11 Å². The number of hydrogen-bond acceptors (Lipinski definition) is 4. The van der Waals surface area contributed by atoms with E-state index in [9.17, 15) is 8.42 Å². The fraction of sp³-hybridized carbons (Fsp3) is 0.500. The van der Waals surface area contributed by atoms with Gasteiger partial charge in [0.2, 0.25) is 10.0 Å². The number of aliphatic hydroxyl groups is 1. The third-order valence-corrected chi connectivity index (χ3v) is 4.77. The molecule has 0 spiro atoms. The summed E-state index contributed by atoms with van der Waals surface area (Å²) in [6.45, 7) is 3.25. The maximum Gasteiger partial charge on any atom is 0.244 e. The average molecular weight is 358 g/mol. The summed E-state index contributed by atoms with van der Waals surface area (Å²) in [6, 6.07) is 1.38. The number of nitrogens with one attached hydrogen (secondary N) is 1. The number of nitrogens with zero attached hydrogens (tertiary/aromatic N) is 1. The lowest BCUT2D eigenvalue weighted by Gasteiger charge is -2.25. The molecule has 0 aliphatic rings. The molecule has 1 aromatic heterocycles. The zero-order valence-corrected chi connectivity index (χ0v) is 13.1. The van der Waals surface area contributed by atoms with Gasteiger partial charge in [0.15, 0.2) is 0 Å². The van der Waals surface area contributed by atoms with Crippen molar-refractivity contribution in [3.8, 4) is 0 Å². The summed E-state index contributed by atoms with van der Waals surface area (Å²) in [4.78, 5) is 3.68. The zero-order valence-electron chi connectivity index (χ0n) is 9.94. The molecule has 0 bridgehead atoms. The first-order chi connectivity index (χ1) is 8.18. The molecule has 1 rings (SSSR count). The minimum atomic E-state index is -3.78. The smallest absolute Gasteiger partial charge is 0.244 e. The highest BCUT2D eigenvalue weighted by Crippen LogP contribution is 2.24. The van der Waals surface area contributed by atoms with Crippen molar-refractivity contribution < 1.29 is 13.5 Å². The van der Waals surface area contributed by atoms with Gasteiger partial charge >= 0.3 is 0 Å². The number of rotatable bonds is 5. The first-order valence-electron chi connectivity index (χ1n) is 5.14. The zero-order chi connectivity index (χ0) is 14.0. The summed E-state index contributed by atoms with van der Waals surface area (Å²) in [5, 5.41) is 8.80. The van der Waals surface area contributed by atoms with E-state index in [0.29, 0.717) is 10.9 Å². The summed E-state index contributed by atoms with van der Waals surface area (Å²) in [5.41, 5.74) is -0.765. The Hall–Kier alpha value is -0.210. The molecule has 5 nitrogen and oxygen atoms in total. The van der Waals surface area contributed by atoms with Gasteiger partial charge in [-0.25, -0.2) is 18.1 Å². The molecule has 0 aromatic carbocycles. The Balaban J connectivity index is 3.11. The van der Waals surface area contributed by atoms with Crippen LogP contribution in [0.3, 0.4) is 0 Å². The van der Waals surface area contributed by atoms with E-state index in [1.807, 2.05) is 0 Å². The molecule has 1 aromatic rings. The van der Waals surface area contributed by atoms with Gasteiger partial charge in [-0.1, -0.05) is 11.6 Å². The maximum atomic E-state index is 12.2. The van der Waals surface area contributed by atoms with E-state index in [4.69, 9.17) is 16.7 Å². The van der Waals surface area contributed by atoms with Crippen molar-refractivity contribution in [2.45, 2.75) is 30.7 Å². The Morgan fingerprint density at radius 2 is 2.17 bits per heavy atom. The third kappa shape index (κ3) is 4.17. The van der Waals surface area contributed by atoms with Crippen LogP contribution >= 0.6 is 27.5 Å². The summed E-state index contributed by atoms with van der Waals surface area (Å²) >= 11 is 8.93. The highest BCUT2D eigenvalue weighted by atomic mass is 79.9. The third-order valence-electron chi connectivity index (χ3n) is 2.21. The van der Waals surface area contributed by atoms with E-state index in [-0.39, 0.29) is 16.7 Å². The average Bonchev–Trinajstić information content (AvgIpc) is 2.19. The molecule has 18 heavy (non-hydrogen) atoms. The van der Waals surface area contributed by atoms with Gasteiger partial charge in [0, 0.05) is 22.8 Å². The van der Waals surface area contributed by atoms with Crippen LogP contribution in [-0.4, -0.2) is 30.7 Å². The fourth-order valence-corrected chi connectivity index (χ4v) is 3.73. The van der Waals surface area contributed by atoms with Crippen LogP contribution in [0.25, 0.3) is 0 Å². The van der Waals surface area contributed by atoms with Crippen molar-refractivity contribution in [2.24, 2.45) is 0 Å². The van der Waals surface area contributed by atoms with Crippen LogP contribution < -0.4 is 4.72 Å². The minimum absolute atomic E-state index is 0.0921. The van der Waals surface area contributed by atoms with Crippen molar-refractivity contribution in [1.82, 2.24) is 9.71 Å². The SMILES string of the molecule is CC(C)(CCO)NS(=O)(=O)c1cc(Br)cnc1Cl. The predicted octanol–water partition coefficient (Wildman–Crippen LogP) is 1.94. The van der Waals surface area contributed by atoms with E-state index in [2.05, 4.69) is 25.6 Å².